The number of hydrogen-bond acceptors (Lipinski definition) is 5. The molecule has 0 radical (unpaired) electrons. The van der Waals surface area contributed by atoms with Crippen LogP contribution in [0.15, 0.2) is 0 Å². The molecule has 8 heteroatoms. The zero-order chi connectivity index (χ0) is 17.7. The Kier molecular flexibility index (Phi) is 6.42. The molecule has 0 aromatic rings. The molecule has 0 spiro atoms. The summed E-state index contributed by atoms with van der Waals surface area (Å²) in [6.45, 7) is 5.50. The number of carbonyl (C=O) groups excluding carboxylic acids is 3. The fraction of sp³-hybridized carbons (Fsp3) is 0.812. The quantitative estimate of drug-likeness (QED) is 0.653. The summed E-state index contributed by atoms with van der Waals surface area (Å²) >= 11 is 0. The van der Waals surface area contributed by atoms with Crippen LogP contribution in [0.25, 0.3) is 0 Å². The highest BCUT2D eigenvalue weighted by Crippen LogP contribution is 2.15. The van der Waals surface area contributed by atoms with Gasteiger partial charge in [-0.15, -0.1) is 0 Å². The Bertz CT molecular complexity index is 469. The lowest BCUT2D eigenvalue weighted by Gasteiger charge is -2.37. The molecule has 0 bridgehead atoms. The van der Waals surface area contributed by atoms with Gasteiger partial charge in [0.2, 0.25) is 0 Å². The van der Waals surface area contributed by atoms with Crippen molar-refractivity contribution in [2.45, 2.75) is 25.8 Å². The van der Waals surface area contributed by atoms with Crippen molar-refractivity contribution in [2.75, 3.05) is 60.0 Å². The molecular weight excluding hydrogens is 312 g/mol. The van der Waals surface area contributed by atoms with Crippen molar-refractivity contribution in [1.29, 1.82) is 0 Å². The summed E-state index contributed by atoms with van der Waals surface area (Å²) < 4.78 is 4.96. The number of carbonyl (C=O) groups is 3. The van der Waals surface area contributed by atoms with Gasteiger partial charge in [-0.3, -0.25) is 9.59 Å². The van der Waals surface area contributed by atoms with Crippen molar-refractivity contribution in [3.05, 3.63) is 0 Å². The SMILES string of the molecule is CCOC(=O)N1CCN(C(=O)C(=O)N(C)C2CCN(C)CC2)CC1. The lowest BCUT2D eigenvalue weighted by molar-refractivity contribution is -0.153. The van der Waals surface area contributed by atoms with Crippen molar-refractivity contribution in [3.8, 4) is 0 Å². The Hall–Kier alpha value is -1.83. The fourth-order valence-electron chi connectivity index (χ4n) is 3.14. The van der Waals surface area contributed by atoms with Gasteiger partial charge >= 0.3 is 17.9 Å². The van der Waals surface area contributed by atoms with Gasteiger partial charge < -0.3 is 24.3 Å². The van der Waals surface area contributed by atoms with E-state index in [-0.39, 0.29) is 12.1 Å². The molecule has 8 nitrogen and oxygen atoms in total. The average Bonchev–Trinajstić information content (AvgIpc) is 2.61. The van der Waals surface area contributed by atoms with Crippen molar-refractivity contribution < 1.29 is 19.1 Å². The van der Waals surface area contributed by atoms with E-state index in [1.807, 2.05) is 0 Å². The van der Waals surface area contributed by atoms with Gasteiger partial charge in [0.05, 0.1) is 6.61 Å². The van der Waals surface area contributed by atoms with Crippen LogP contribution < -0.4 is 0 Å². The van der Waals surface area contributed by atoms with Crippen LogP contribution in [-0.2, 0) is 14.3 Å². The molecular formula is C16H28N4O4. The molecule has 0 saturated carbocycles. The number of piperidine rings is 1. The fourth-order valence-corrected chi connectivity index (χ4v) is 3.14. The highest BCUT2D eigenvalue weighted by Gasteiger charge is 2.33. The normalized spacial score (nSPS) is 20.0. The number of nitrogens with zero attached hydrogens (tertiary/aromatic N) is 4. The maximum Gasteiger partial charge on any atom is 0.409 e. The molecule has 3 amide bonds. The molecule has 2 aliphatic heterocycles. The first-order valence-electron chi connectivity index (χ1n) is 8.60. The molecule has 2 fully saturated rings. The second kappa shape index (κ2) is 8.32. The number of amides is 3. The Morgan fingerprint density at radius 3 is 2.08 bits per heavy atom. The number of likely N-dealkylation sites (N-methyl/N-ethyl adjacent to an activating group) is 1. The summed E-state index contributed by atoms with van der Waals surface area (Å²) in [5, 5.41) is 0. The Morgan fingerprint density at radius 2 is 1.54 bits per heavy atom. The van der Waals surface area contributed by atoms with Crippen molar-refractivity contribution in [1.82, 2.24) is 19.6 Å². The molecule has 0 atom stereocenters. The first-order valence-corrected chi connectivity index (χ1v) is 8.60. The number of ether oxygens (including phenoxy) is 1. The van der Waals surface area contributed by atoms with E-state index >= 15 is 0 Å². The smallest absolute Gasteiger partial charge is 0.409 e. The maximum atomic E-state index is 12.5. The predicted octanol–water partition coefficient (Wildman–Crippen LogP) is -0.160. The van der Waals surface area contributed by atoms with Gasteiger partial charge in [0.15, 0.2) is 0 Å². The van der Waals surface area contributed by atoms with Crippen molar-refractivity contribution in [2.24, 2.45) is 0 Å². The first kappa shape index (κ1) is 18.5. The third-order valence-corrected chi connectivity index (χ3v) is 4.83. The van der Waals surface area contributed by atoms with Crippen molar-refractivity contribution in [3.63, 3.8) is 0 Å². The maximum absolute atomic E-state index is 12.5. The standard InChI is InChI=1S/C16H28N4O4/c1-4-24-16(23)20-11-9-19(10-12-20)15(22)14(21)18(3)13-5-7-17(2)8-6-13/h13H,4-12H2,1-3H3. The lowest BCUT2D eigenvalue weighted by atomic mass is 10.0. The van der Waals surface area contributed by atoms with E-state index in [9.17, 15) is 14.4 Å². The zero-order valence-electron chi connectivity index (χ0n) is 14.9. The van der Waals surface area contributed by atoms with Crippen LogP contribution in [0, 0.1) is 0 Å². The second-order valence-electron chi connectivity index (χ2n) is 6.43. The lowest BCUT2D eigenvalue weighted by Crippen LogP contribution is -2.55. The van der Waals surface area contributed by atoms with E-state index in [1.54, 1.807) is 23.8 Å². The topological polar surface area (TPSA) is 73.4 Å². The molecule has 0 aliphatic carbocycles. The Labute approximate surface area is 143 Å². The van der Waals surface area contributed by atoms with Crippen LogP contribution in [-0.4, -0.2) is 104 Å². The minimum absolute atomic E-state index is 0.124. The van der Waals surface area contributed by atoms with Gasteiger partial charge in [-0.05, 0) is 39.9 Å². The average molecular weight is 340 g/mol. The minimum Gasteiger partial charge on any atom is -0.450 e. The van der Waals surface area contributed by atoms with E-state index in [1.165, 1.54) is 4.90 Å². The Balaban J connectivity index is 1.83. The third kappa shape index (κ3) is 4.37. The summed E-state index contributed by atoms with van der Waals surface area (Å²) in [5.41, 5.74) is 0. The summed E-state index contributed by atoms with van der Waals surface area (Å²) in [4.78, 5) is 43.5. The molecule has 136 valence electrons. The highest BCUT2D eigenvalue weighted by molar-refractivity contribution is 6.34. The minimum atomic E-state index is -0.472. The number of hydrogen-bond donors (Lipinski definition) is 0. The van der Waals surface area contributed by atoms with Crippen LogP contribution in [0.3, 0.4) is 0 Å². The van der Waals surface area contributed by atoms with Crippen LogP contribution in [0.4, 0.5) is 4.79 Å². The number of rotatable bonds is 2. The van der Waals surface area contributed by atoms with E-state index in [0.717, 1.165) is 25.9 Å². The van der Waals surface area contributed by atoms with Gasteiger partial charge in [-0.1, -0.05) is 0 Å². The van der Waals surface area contributed by atoms with Crippen LogP contribution >= 0.6 is 0 Å². The summed E-state index contributed by atoms with van der Waals surface area (Å²) in [6.07, 6.45) is 1.42. The largest absolute Gasteiger partial charge is 0.450 e. The van der Waals surface area contributed by atoms with E-state index < -0.39 is 11.8 Å². The molecule has 24 heavy (non-hydrogen) atoms. The van der Waals surface area contributed by atoms with Crippen LogP contribution in [0.2, 0.25) is 0 Å². The van der Waals surface area contributed by atoms with Gasteiger partial charge in [0.25, 0.3) is 0 Å². The van der Waals surface area contributed by atoms with Crippen LogP contribution in [0.1, 0.15) is 19.8 Å². The van der Waals surface area contributed by atoms with E-state index in [4.69, 9.17) is 4.74 Å². The van der Waals surface area contributed by atoms with Gasteiger partial charge in [0, 0.05) is 39.3 Å². The highest BCUT2D eigenvalue weighted by atomic mass is 16.6. The zero-order valence-corrected chi connectivity index (χ0v) is 14.9. The summed E-state index contributed by atoms with van der Waals surface area (Å²) in [6, 6.07) is 0.124. The molecule has 0 aromatic carbocycles. The molecule has 2 saturated heterocycles. The molecule has 0 aromatic heterocycles. The first-order chi connectivity index (χ1) is 11.4. The second-order valence-corrected chi connectivity index (χ2v) is 6.43. The predicted molar refractivity (Wildman–Crippen MR) is 88.5 cm³/mol. The molecule has 2 aliphatic rings. The summed E-state index contributed by atoms with van der Waals surface area (Å²) in [7, 11) is 3.78. The van der Waals surface area contributed by atoms with E-state index in [0.29, 0.717) is 32.8 Å². The molecule has 2 rings (SSSR count). The van der Waals surface area contributed by atoms with Crippen LogP contribution in [0.5, 0.6) is 0 Å². The number of piperazine rings is 1. The van der Waals surface area contributed by atoms with Gasteiger partial charge in [0.1, 0.15) is 0 Å². The number of likely N-dealkylation sites (tertiary alicyclic amines) is 1. The van der Waals surface area contributed by atoms with Gasteiger partial charge in [-0.25, -0.2) is 4.79 Å². The molecule has 0 N–H and O–H groups in total. The van der Waals surface area contributed by atoms with Crippen molar-refractivity contribution >= 4 is 17.9 Å². The third-order valence-electron chi connectivity index (χ3n) is 4.83. The van der Waals surface area contributed by atoms with E-state index in [2.05, 4.69) is 11.9 Å². The summed E-state index contributed by atoms with van der Waals surface area (Å²) in [5.74, 6) is -0.922. The van der Waals surface area contributed by atoms with Gasteiger partial charge in [-0.2, -0.15) is 0 Å². The molecule has 2 heterocycles. The monoisotopic (exact) mass is 340 g/mol. The molecule has 0 unspecified atom stereocenters. The Morgan fingerprint density at radius 1 is 1.00 bits per heavy atom.